The van der Waals surface area contributed by atoms with Crippen molar-refractivity contribution in [2.24, 2.45) is 46.3 Å². The van der Waals surface area contributed by atoms with Crippen LogP contribution in [0.25, 0.3) is 0 Å². The van der Waals surface area contributed by atoms with Crippen LogP contribution < -0.4 is 0 Å². The van der Waals surface area contributed by atoms with E-state index in [-0.39, 0.29) is 18.0 Å². The van der Waals surface area contributed by atoms with Crippen LogP contribution in [-0.4, -0.2) is 12.1 Å². The van der Waals surface area contributed by atoms with Crippen LogP contribution in [0.4, 0.5) is 0 Å². The van der Waals surface area contributed by atoms with Gasteiger partial charge in [0.15, 0.2) is 0 Å². The molecule has 0 bridgehead atoms. The molecule has 3 saturated carbocycles. The summed E-state index contributed by atoms with van der Waals surface area (Å²) in [5, 5.41) is 0. The Morgan fingerprint density at radius 3 is 2.72 bits per heavy atom. The number of fused-ring (bicyclic) bond motifs is 5. The standard InChI is InChI=1S/C27H42O2/c1-17(15-20-16-18(2)25(28)29-20)22-10-11-23-21-9-8-19-7-5-6-13-26(19,3)24(21)12-14-27(22,23)4/h8,17-18,20-24H,5-7,9-16H2,1-4H3/t17-,18?,20?,21+,22-,23+,24+,26+,27-/m1/s1. The Labute approximate surface area is 178 Å². The number of carbonyl (C=O) groups excluding carboxylic acids is 1. The van der Waals surface area contributed by atoms with Crippen molar-refractivity contribution in [2.45, 2.75) is 104 Å². The third-order valence-electron chi connectivity index (χ3n) is 10.7. The molecule has 9 atom stereocenters. The second kappa shape index (κ2) is 7.13. The molecule has 0 aromatic heterocycles. The highest BCUT2D eigenvalue weighted by Gasteiger charge is 2.58. The molecule has 0 spiro atoms. The summed E-state index contributed by atoms with van der Waals surface area (Å²) in [6.07, 6.45) is 17.6. The van der Waals surface area contributed by atoms with Gasteiger partial charge in [0.05, 0.1) is 5.92 Å². The maximum Gasteiger partial charge on any atom is 0.309 e. The van der Waals surface area contributed by atoms with E-state index in [1.165, 1.54) is 57.8 Å². The highest BCUT2D eigenvalue weighted by molar-refractivity contribution is 5.74. The summed E-state index contributed by atoms with van der Waals surface area (Å²) in [6.45, 7) is 9.76. The van der Waals surface area contributed by atoms with Crippen LogP contribution in [0.1, 0.15) is 98.3 Å². The molecule has 5 rings (SSSR count). The highest BCUT2D eigenvalue weighted by Crippen LogP contribution is 2.67. The van der Waals surface area contributed by atoms with Crippen molar-refractivity contribution >= 4 is 5.97 Å². The minimum absolute atomic E-state index is 0.0312. The lowest BCUT2D eigenvalue weighted by Gasteiger charge is -2.58. The molecule has 162 valence electrons. The number of hydrogen-bond donors (Lipinski definition) is 0. The Kier molecular flexibility index (Phi) is 4.95. The predicted molar refractivity (Wildman–Crippen MR) is 117 cm³/mol. The van der Waals surface area contributed by atoms with E-state index in [0.29, 0.717) is 16.7 Å². The average Bonchev–Trinajstić information content (AvgIpc) is 3.19. The molecule has 0 amide bonds. The minimum Gasteiger partial charge on any atom is -0.462 e. The zero-order valence-electron chi connectivity index (χ0n) is 19.2. The summed E-state index contributed by atoms with van der Waals surface area (Å²) in [5.41, 5.74) is 2.85. The second-order valence-corrected chi connectivity index (χ2v) is 12.1. The fraction of sp³-hybridized carbons (Fsp3) is 0.889. The fourth-order valence-corrected chi connectivity index (χ4v) is 9.22. The minimum atomic E-state index is 0.0312. The van der Waals surface area contributed by atoms with Crippen molar-refractivity contribution in [3.05, 3.63) is 11.6 Å². The largest absolute Gasteiger partial charge is 0.462 e. The van der Waals surface area contributed by atoms with Crippen molar-refractivity contribution < 1.29 is 9.53 Å². The van der Waals surface area contributed by atoms with E-state index in [1.807, 2.05) is 12.5 Å². The Morgan fingerprint density at radius 2 is 1.97 bits per heavy atom. The first-order chi connectivity index (χ1) is 13.8. The van der Waals surface area contributed by atoms with E-state index in [1.54, 1.807) is 0 Å². The second-order valence-electron chi connectivity index (χ2n) is 12.1. The van der Waals surface area contributed by atoms with Gasteiger partial charge >= 0.3 is 5.97 Å². The SMILES string of the molecule is CC1CC(C[C@@H](C)[C@H]2CC[C@H]3[C@@H]4CC=C5CCCC[C@]5(C)[C@H]4CC[C@]23C)OC1=O. The number of carbonyl (C=O) groups is 1. The maximum atomic E-state index is 11.9. The van der Waals surface area contributed by atoms with Crippen molar-refractivity contribution in [3.8, 4) is 0 Å². The number of cyclic esters (lactones) is 1. The molecule has 4 aliphatic carbocycles. The molecule has 5 aliphatic rings. The summed E-state index contributed by atoms with van der Waals surface area (Å²) in [6, 6.07) is 0. The van der Waals surface area contributed by atoms with Gasteiger partial charge in [-0.15, -0.1) is 0 Å². The molecule has 1 saturated heterocycles. The van der Waals surface area contributed by atoms with Crippen molar-refractivity contribution in [1.82, 2.24) is 0 Å². The third-order valence-corrected chi connectivity index (χ3v) is 10.7. The Hall–Kier alpha value is -0.790. The molecular formula is C27H42O2. The van der Waals surface area contributed by atoms with Gasteiger partial charge in [-0.25, -0.2) is 0 Å². The topological polar surface area (TPSA) is 26.3 Å². The third kappa shape index (κ3) is 3.06. The van der Waals surface area contributed by atoms with Crippen molar-refractivity contribution in [2.75, 3.05) is 0 Å². The lowest BCUT2D eigenvalue weighted by molar-refractivity contribution is -0.144. The van der Waals surface area contributed by atoms with Crippen molar-refractivity contribution in [1.29, 1.82) is 0 Å². The maximum absolute atomic E-state index is 11.9. The monoisotopic (exact) mass is 398 g/mol. The Bertz CT molecular complexity index is 695. The number of ether oxygens (including phenoxy) is 1. The molecular weight excluding hydrogens is 356 g/mol. The Balaban J connectivity index is 1.32. The first-order valence-electron chi connectivity index (χ1n) is 12.7. The molecule has 1 heterocycles. The van der Waals surface area contributed by atoms with E-state index in [4.69, 9.17) is 4.74 Å². The molecule has 0 N–H and O–H groups in total. The van der Waals surface area contributed by atoms with Gasteiger partial charge in [-0.1, -0.05) is 45.8 Å². The molecule has 1 aliphatic heterocycles. The van der Waals surface area contributed by atoms with Crippen LogP contribution in [0.5, 0.6) is 0 Å². The number of esters is 1. The number of hydrogen-bond acceptors (Lipinski definition) is 2. The predicted octanol–water partition coefficient (Wildman–Crippen LogP) is 6.93. The first kappa shape index (κ1) is 20.1. The summed E-state index contributed by atoms with van der Waals surface area (Å²) in [4.78, 5) is 11.9. The van der Waals surface area contributed by atoms with E-state index >= 15 is 0 Å². The molecule has 0 aromatic carbocycles. The van der Waals surface area contributed by atoms with Crippen LogP contribution in [0.3, 0.4) is 0 Å². The lowest BCUT2D eigenvalue weighted by atomic mass is 9.47. The smallest absolute Gasteiger partial charge is 0.309 e. The molecule has 0 radical (unpaired) electrons. The Morgan fingerprint density at radius 1 is 1.14 bits per heavy atom. The highest BCUT2D eigenvalue weighted by atomic mass is 16.5. The van der Waals surface area contributed by atoms with Crippen LogP contribution in [0, 0.1) is 46.3 Å². The van der Waals surface area contributed by atoms with Gasteiger partial charge in [-0.2, -0.15) is 0 Å². The van der Waals surface area contributed by atoms with Crippen LogP contribution in [0.15, 0.2) is 11.6 Å². The van der Waals surface area contributed by atoms with E-state index in [9.17, 15) is 4.79 Å². The molecule has 0 aromatic rings. The van der Waals surface area contributed by atoms with Crippen LogP contribution in [0.2, 0.25) is 0 Å². The molecule has 2 nitrogen and oxygen atoms in total. The van der Waals surface area contributed by atoms with Crippen LogP contribution >= 0.6 is 0 Å². The molecule has 2 unspecified atom stereocenters. The number of allylic oxidation sites excluding steroid dienone is 2. The summed E-state index contributed by atoms with van der Waals surface area (Å²) in [7, 11) is 0. The molecule has 29 heavy (non-hydrogen) atoms. The quantitative estimate of drug-likeness (QED) is 0.380. The van der Waals surface area contributed by atoms with Gasteiger partial charge in [-0.05, 0) is 105 Å². The van der Waals surface area contributed by atoms with Gasteiger partial charge in [0.1, 0.15) is 6.10 Å². The first-order valence-corrected chi connectivity index (χ1v) is 12.7. The fourth-order valence-electron chi connectivity index (χ4n) is 9.22. The zero-order valence-corrected chi connectivity index (χ0v) is 19.2. The van der Waals surface area contributed by atoms with Gasteiger partial charge in [-0.3, -0.25) is 4.79 Å². The summed E-state index contributed by atoms with van der Waals surface area (Å²) in [5.74, 6) is 4.39. The summed E-state index contributed by atoms with van der Waals surface area (Å²) < 4.78 is 5.68. The average molecular weight is 399 g/mol. The van der Waals surface area contributed by atoms with Gasteiger partial charge in [0, 0.05) is 0 Å². The van der Waals surface area contributed by atoms with E-state index < -0.39 is 0 Å². The van der Waals surface area contributed by atoms with Gasteiger partial charge < -0.3 is 4.74 Å². The lowest BCUT2D eigenvalue weighted by Crippen LogP contribution is -2.50. The van der Waals surface area contributed by atoms with Gasteiger partial charge in [0.2, 0.25) is 0 Å². The van der Waals surface area contributed by atoms with Gasteiger partial charge in [0.25, 0.3) is 0 Å². The summed E-state index contributed by atoms with van der Waals surface area (Å²) >= 11 is 0. The van der Waals surface area contributed by atoms with E-state index in [2.05, 4.69) is 26.8 Å². The molecule has 2 heteroatoms. The van der Waals surface area contributed by atoms with Crippen LogP contribution in [-0.2, 0) is 9.53 Å². The van der Waals surface area contributed by atoms with Crippen molar-refractivity contribution in [3.63, 3.8) is 0 Å². The molecule has 4 fully saturated rings. The zero-order chi connectivity index (χ0) is 20.4. The normalized spacial score (nSPS) is 50.2. The van der Waals surface area contributed by atoms with E-state index in [0.717, 1.165) is 36.5 Å². The number of rotatable bonds is 3.